The molecule has 1 saturated carbocycles. The van der Waals surface area contributed by atoms with E-state index in [-0.39, 0.29) is 11.7 Å². The molecule has 0 amide bonds. The number of hydrogen-bond acceptors (Lipinski definition) is 3. The van der Waals surface area contributed by atoms with Crippen LogP contribution in [0.15, 0.2) is 28.7 Å². The minimum atomic E-state index is 0.0367. The van der Waals surface area contributed by atoms with E-state index in [4.69, 9.17) is 10.2 Å². The number of carbonyl (C=O) groups is 1. The Morgan fingerprint density at radius 3 is 2.90 bits per heavy atom. The largest absolute Gasteiger partial charge is 0.453 e. The SMILES string of the molecule is Cc1cccc2cc(C(=O)C3CCCCC3CN)oc12. The van der Waals surface area contributed by atoms with Crippen LogP contribution in [-0.2, 0) is 0 Å². The number of benzene rings is 1. The third kappa shape index (κ3) is 2.27. The summed E-state index contributed by atoms with van der Waals surface area (Å²) in [6.07, 6.45) is 4.31. The molecule has 1 aliphatic carbocycles. The Balaban J connectivity index is 1.93. The maximum absolute atomic E-state index is 12.7. The molecular weight excluding hydrogens is 250 g/mol. The Morgan fingerprint density at radius 1 is 1.35 bits per heavy atom. The number of hydrogen-bond donors (Lipinski definition) is 1. The Kier molecular flexibility index (Phi) is 3.62. The third-order valence-electron chi connectivity index (χ3n) is 4.53. The van der Waals surface area contributed by atoms with E-state index < -0.39 is 0 Å². The zero-order valence-electron chi connectivity index (χ0n) is 11.9. The molecule has 2 N–H and O–H groups in total. The second kappa shape index (κ2) is 5.41. The van der Waals surface area contributed by atoms with Crippen LogP contribution in [0.4, 0.5) is 0 Å². The Bertz CT molecular complexity index is 629. The Hall–Kier alpha value is -1.61. The molecule has 2 aromatic rings. The minimum absolute atomic E-state index is 0.0367. The van der Waals surface area contributed by atoms with Crippen LogP contribution in [0.2, 0.25) is 0 Å². The molecule has 1 aromatic heterocycles. The Labute approximate surface area is 119 Å². The van der Waals surface area contributed by atoms with E-state index >= 15 is 0 Å². The summed E-state index contributed by atoms with van der Waals surface area (Å²) in [6, 6.07) is 7.87. The molecule has 3 heteroatoms. The molecular formula is C17H21NO2. The van der Waals surface area contributed by atoms with Gasteiger partial charge in [0.2, 0.25) is 5.78 Å². The highest BCUT2D eigenvalue weighted by molar-refractivity contribution is 5.99. The average Bonchev–Trinajstić information content (AvgIpc) is 2.92. The molecule has 0 saturated heterocycles. The lowest BCUT2D eigenvalue weighted by Crippen LogP contribution is -2.32. The van der Waals surface area contributed by atoms with Crippen LogP contribution < -0.4 is 5.73 Å². The van der Waals surface area contributed by atoms with Gasteiger partial charge in [0.05, 0.1) is 0 Å². The van der Waals surface area contributed by atoms with Crippen LogP contribution in [0.5, 0.6) is 0 Å². The van der Waals surface area contributed by atoms with E-state index in [1.165, 1.54) is 6.42 Å². The van der Waals surface area contributed by atoms with E-state index in [1.54, 1.807) is 0 Å². The molecule has 1 heterocycles. The highest BCUT2D eigenvalue weighted by Crippen LogP contribution is 2.33. The second-order valence-corrected chi connectivity index (χ2v) is 5.85. The van der Waals surface area contributed by atoms with Crippen molar-refractivity contribution < 1.29 is 9.21 Å². The predicted octanol–water partition coefficient (Wildman–Crippen LogP) is 3.69. The monoisotopic (exact) mass is 271 g/mol. The molecule has 0 radical (unpaired) electrons. The number of Topliss-reactive ketones (excluding diaryl/α,β-unsaturated/α-hetero) is 1. The normalized spacial score (nSPS) is 23.1. The maximum Gasteiger partial charge on any atom is 0.201 e. The van der Waals surface area contributed by atoms with Crippen molar-refractivity contribution in [2.75, 3.05) is 6.54 Å². The van der Waals surface area contributed by atoms with Gasteiger partial charge in [-0.1, -0.05) is 31.0 Å². The second-order valence-electron chi connectivity index (χ2n) is 5.85. The third-order valence-corrected chi connectivity index (χ3v) is 4.53. The average molecular weight is 271 g/mol. The first-order valence-electron chi connectivity index (χ1n) is 7.44. The number of aryl methyl sites for hydroxylation is 1. The zero-order valence-corrected chi connectivity index (χ0v) is 11.9. The summed E-state index contributed by atoms with van der Waals surface area (Å²) in [5.74, 6) is 0.982. The molecule has 1 aromatic carbocycles. The van der Waals surface area contributed by atoms with Gasteiger partial charge in [0.1, 0.15) is 5.58 Å². The van der Waals surface area contributed by atoms with Crippen LogP contribution in [0.1, 0.15) is 41.8 Å². The molecule has 2 atom stereocenters. The van der Waals surface area contributed by atoms with Crippen molar-refractivity contribution in [1.29, 1.82) is 0 Å². The van der Waals surface area contributed by atoms with Gasteiger partial charge in [0, 0.05) is 11.3 Å². The summed E-state index contributed by atoms with van der Waals surface area (Å²) in [5, 5.41) is 1.01. The van der Waals surface area contributed by atoms with E-state index in [0.717, 1.165) is 35.8 Å². The molecule has 2 unspecified atom stereocenters. The summed E-state index contributed by atoms with van der Waals surface area (Å²) >= 11 is 0. The molecule has 1 fully saturated rings. The van der Waals surface area contributed by atoms with Gasteiger partial charge in [-0.05, 0) is 43.9 Å². The van der Waals surface area contributed by atoms with Crippen LogP contribution in [0.25, 0.3) is 11.0 Å². The fourth-order valence-electron chi connectivity index (χ4n) is 3.35. The van der Waals surface area contributed by atoms with Crippen LogP contribution >= 0.6 is 0 Å². The first kappa shape index (κ1) is 13.4. The molecule has 3 rings (SSSR count). The zero-order chi connectivity index (χ0) is 14.1. The molecule has 0 bridgehead atoms. The van der Waals surface area contributed by atoms with Crippen molar-refractivity contribution in [2.24, 2.45) is 17.6 Å². The smallest absolute Gasteiger partial charge is 0.201 e. The standard InChI is InChI=1S/C17H21NO2/c1-11-5-4-7-12-9-15(20-17(11)12)16(19)14-8-3-2-6-13(14)10-18/h4-5,7,9,13-14H,2-3,6,8,10,18H2,1H3. The van der Waals surface area contributed by atoms with Crippen LogP contribution in [0, 0.1) is 18.8 Å². The number of nitrogens with two attached hydrogens (primary N) is 1. The summed E-state index contributed by atoms with van der Waals surface area (Å²) in [4.78, 5) is 12.7. The van der Waals surface area contributed by atoms with Crippen molar-refractivity contribution in [3.8, 4) is 0 Å². The van der Waals surface area contributed by atoms with Gasteiger partial charge in [-0.15, -0.1) is 0 Å². The number of furan rings is 1. The lowest BCUT2D eigenvalue weighted by Gasteiger charge is -2.28. The van der Waals surface area contributed by atoms with Gasteiger partial charge in [0.25, 0.3) is 0 Å². The lowest BCUT2D eigenvalue weighted by atomic mass is 9.76. The number of carbonyl (C=O) groups excluding carboxylic acids is 1. The van der Waals surface area contributed by atoms with E-state index in [2.05, 4.69) is 0 Å². The summed E-state index contributed by atoms with van der Waals surface area (Å²) in [6.45, 7) is 2.60. The van der Waals surface area contributed by atoms with E-state index in [0.29, 0.717) is 18.2 Å². The summed E-state index contributed by atoms with van der Waals surface area (Å²) < 4.78 is 5.82. The fraction of sp³-hybridized carbons (Fsp3) is 0.471. The van der Waals surface area contributed by atoms with Gasteiger partial charge in [0.15, 0.2) is 5.76 Å². The first-order valence-corrected chi connectivity index (χ1v) is 7.44. The molecule has 3 nitrogen and oxygen atoms in total. The van der Waals surface area contributed by atoms with Crippen LogP contribution in [0.3, 0.4) is 0 Å². The maximum atomic E-state index is 12.7. The summed E-state index contributed by atoms with van der Waals surface area (Å²) in [5.41, 5.74) is 7.73. The van der Waals surface area contributed by atoms with Crippen molar-refractivity contribution in [3.63, 3.8) is 0 Å². The van der Waals surface area contributed by atoms with Crippen LogP contribution in [-0.4, -0.2) is 12.3 Å². The highest BCUT2D eigenvalue weighted by Gasteiger charge is 2.32. The number of ketones is 1. The van der Waals surface area contributed by atoms with E-state index in [1.807, 2.05) is 31.2 Å². The first-order chi connectivity index (χ1) is 9.70. The van der Waals surface area contributed by atoms with Crippen molar-refractivity contribution in [2.45, 2.75) is 32.6 Å². The molecule has 0 spiro atoms. The highest BCUT2D eigenvalue weighted by atomic mass is 16.3. The Morgan fingerprint density at radius 2 is 2.15 bits per heavy atom. The molecule has 0 aliphatic heterocycles. The number of rotatable bonds is 3. The molecule has 1 aliphatic rings. The van der Waals surface area contributed by atoms with Crippen molar-refractivity contribution in [1.82, 2.24) is 0 Å². The lowest BCUT2D eigenvalue weighted by molar-refractivity contribution is 0.0802. The van der Waals surface area contributed by atoms with Crippen molar-refractivity contribution in [3.05, 3.63) is 35.6 Å². The van der Waals surface area contributed by atoms with Gasteiger partial charge >= 0.3 is 0 Å². The minimum Gasteiger partial charge on any atom is -0.453 e. The van der Waals surface area contributed by atoms with Crippen molar-refractivity contribution >= 4 is 16.8 Å². The number of para-hydroxylation sites is 1. The topological polar surface area (TPSA) is 56.2 Å². The number of fused-ring (bicyclic) bond motifs is 1. The van der Waals surface area contributed by atoms with Gasteiger partial charge in [-0.3, -0.25) is 4.79 Å². The van der Waals surface area contributed by atoms with Gasteiger partial charge in [-0.25, -0.2) is 0 Å². The molecule has 106 valence electrons. The molecule has 20 heavy (non-hydrogen) atoms. The predicted molar refractivity (Wildman–Crippen MR) is 79.8 cm³/mol. The summed E-state index contributed by atoms with van der Waals surface area (Å²) in [7, 11) is 0. The fourth-order valence-corrected chi connectivity index (χ4v) is 3.35. The van der Waals surface area contributed by atoms with Gasteiger partial charge in [-0.2, -0.15) is 0 Å². The van der Waals surface area contributed by atoms with E-state index in [9.17, 15) is 4.79 Å². The van der Waals surface area contributed by atoms with Gasteiger partial charge < -0.3 is 10.2 Å². The quantitative estimate of drug-likeness (QED) is 0.866.